The highest BCUT2D eigenvalue weighted by atomic mass is 16.3. The molecule has 0 radical (unpaired) electrons. The number of rotatable bonds is 8. The Kier molecular flexibility index (Phi) is 6.00. The number of piperazine rings is 1. The highest BCUT2D eigenvalue weighted by Crippen LogP contribution is 2.22. The molecule has 0 bridgehead atoms. The van der Waals surface area contributed by atoms with Gasteiger partial charge >= 0.3 is 0 Å². The molecular weight excluding hydrogens is 406 g/mol. The third kappa shape index (κ3) is 4.30. The molecule has 3 aromatic heterocycles. The number of nitrogens with zero attached hydrogens (tertiary/aromatic N) is 6. The predicted molar refractivity (Wildman–Crippen MR) is 123 cm³/mol. The van der Waals surface area contributed by atoms with Crippen molar-refractivity contribution in [3.8, 4) is 11.6 Å². The summed E-state index contributed by atoms with van der Waals surface area (Å²) in [5.41, 5.74) is 3.06. The van der Waals surface area contributed by atoms with Crippen molar-refractivity contribution >= 4 is 17.3 Å². The summed E-state index contributed by atoms with van der Waals surface area (Å²) in [6, 6.07) is 14.2. The summed E-state index contributed by atoms with van der Waals surface area (Å²) in [4.78, 5) is 14.2. The Morgan fingerprint density at radius 3 is 2.62 bits per heavy atom. The SMILES string of the molecule is OCCCNc1ncc(CN2CCN(c3ccccc3)CC2)c2nc(-c3ccco3)nn12. The van der Waals surface area contributed by atoms with Gasteiger partial charge in [-0.25, -0.2) is 9.97 Å². The lowest BCUT2D eigenvalue weighted by Crippen LogP contribution is -2.46. The molecule has 0 unspecified atom stereocenters. The first-order chi connectivity index (χ1) is 15.8. The zero-order valence-electron chi connectivity index (χ0n) is 17.9. The topological polar surface area (TPSA) is 95.0 Å². The van der Waals surface area contributed by atoms with Gasteiger partial charge < -0.3 is 19.7 Å². The molecule has 0 atom stereocenters. The van der Waals surface area contributed by atoms with Crippen molar-refractivity contribution in [3.05, 3.63) is 60.5 Å². The first-order valence-electron chi connectivity index (χ1n) is 11.0. The van der Waals surface area contributed by atoms with Crippen molar-refractivity contribution in [3.63, 3.8) is 0 Å². The van der Waals surface area contributed by atoms with E-state index in [0.717, 1.165) is 43.9 Å². The van der Waals surface area contributed by atoms with E-state index in [4.69, 9.17) is 14.5 Å². The second-order valence-electron chi connectivity index (χ2n) is 7.86. The molecule has 9 heteroatoms. The average molecular weight is 434 g/mol. The highest BCUT2D eigenvalue weighted by molar-refractivity contribution is 5.58. The van der Waals surface area contributed by atoms with Crippen LogP contribution in [0.3, 0.4) is 0 Å². The first kappa shape index (κ1) is 20.5. The van der Waals surface area contributed by atoms with Crippen molar-refractivity contribution in [2.45, 2.75) is 13.0 Å². The molecule has 4 aromatic rings. The summed E-state index contributed by atoms with van der Waals surface area (Å²) >= 11 is 0. The second-order valence-corrected chi connectivity index (χ2v) is 7.86. The molecule has 9 nitrogen and oxygen atoms in total. The minimum Gasteiger partial charge on any atom is -0.461 e. The summed E-state index contributed by atoms with van der Waals surface area (Å²) in [6.07, 6.45) is 4.13. The molecule has 166 valence electrons. The van der Waals surface area contributed by atoms with Gasteiger partial charge in [0.25, 0.3) is 0 Å². The quantitative estimate of drug-likeness (QED) is 0.409. The van der Waals surface area contributed by atoms with Crippen LogP contribution >= 0.6 is 0 Å². The van der Waals surface area contributed by atoms with Gasteiger partial charge in [0.15, 0.2) is 11.4 Å². The number of fused-ring (bicyclic) bond motifs is 1. The van der Waals surface area contributed by atoms with E-state index in [1.54, 1.807) is 10.8 Å². The molecule has 1 fully saturated rings. The number of para-hydroxylation sites is 1. The Morgan fingerprint density at radius 1 is 1.03 bits per heavy atom. The summed E-state index contributed by atoms with van der Waals surface area (Å²) in [6.45, 7) is 5.39. The van der Waals surface area contributed by atoms with Gasteiger partial charge in [0, 0.05) is 63.3 Å². The lowest BCUT2D eigenvalue weighted by molar-refractivity contribution is 0.250. The molecular formula is C23H27N7O2. The fourth-order valence-electron chi connectivity index (χ4n) is 3.98. The van der Waals surface area contributed by atoms with Crippen LogP contribution in [-0.2, 0) is 6.54 Å². The normalized spacial score (nSPS) is 14.8. The van der Waals surface area contributed by atoms with Gasteiger partial charge in [-0.05, 0) is 30.7 Å². The van der Waals surface area contributed by atoms with Crippen LogP contribution < -0.4 is 10.2 Å². The highest BCUT2D eigenvalue weighted by Gasteiger charge is 2.21. The smallest absolute Gasteiger partial charge is 0.225 e. The molecule has 2 N–H and O–H groups in total. The average Bonchev–Trinajstić information content (AvgIpc) is 3.52. The maximum absolute atomic E-state index is 9.09. The van der Waals surface area contributed by atoms with E-state index in [1.165, 1.54) is 5.69 Å². The summed E-state index contributed by atoms with van der Waals surface area (Å²) < 4.78 is 7.24. The largest absolute Gasteiger partial charge is 0.461 e. The number of nitrogens with one attached hydrogen (secondary N) is 1. The van der Waals surface area contributed by atoms with Crippen LogP contribution in [0.2, 0.25) is 0 Å². The molecule has 0 saturated carbocycles. The number of furan rings is 1. The van der Waals surface area contributed by atoms with Crippen LogP contribution in [0.4, 0.5) is 11.6 Å². The Morgan fingerprint density at radius 2 is 1.88 bits per heavy atom. The Hall–Kier alpha value is -3.43. The Balaban J connectivity index is 1.36. The Labute approximate surface area is 186 Å². The molecule has 1 aromatic carbocycles. The van der Waals surface area contributed by atoms with Crippen molar-refractivity contribution < 1.29 is 9.52 Å². The molecule has 32 heavy (non-hydrogen) atoms. The molecule has 1 aliphatic heterocycles. The zero-order chi connectivity index (χ0) is 21.8. The predicted octanol–water partition coefficient (Wildman–Crippen LogP) is 2.50. The summed E-state index contributed by atoms with van der Waals surface area (Å²) in [5, 5.41) is 17.0. The third-order valence-corrected chi connectivity index (χ3v) is 5.68. The van der Waals surface area contributed by atoms with Crippen molar-refractivity contribution in [2.75, 3.05) is 49.5 Å². The number of hydrogen-bond donors (Lipinski definition) is 2. The molecule has 0 aliphatic carbocycles. The fourth-order valence-corrected chi connectivity index (χ4v) is 3.98. The van der Waals surface area contributed by atoms with E-state index in [9.17, 15) is 0 Å². The van der Waals surface area contributed by atoms with E-state index < -0.39 is 0 Å². The van der Waals surface area contributed by atoms with Crippen LogP contribution in [0.1, 0.15) is 12.0 Å². The standard InChI is InChI=1S/C23H27N7O2/c31-14-5-9-24-23-25-16-18(22-26-21(27-30(22)23)20-8-4-15-32-20)17-28-10-12-29(13-11-28)19-6-2-1-3-7-19/h1-4,6-8,15-16,31H,5,9-14,17H2,(H,24,25). The third-order valence-electron chi connectivity index (χ3n) is 5.68. The Bertz CT molecular complexity index is 1140. The minimum atomic E-state index is 0.123. The fraction of sp³-hybridized carbons (Fsp3) is 0.348. The van der Waals surface area contributed by atoms with Gasteiger partial charge in [-0.3, -0.25) is 4.90 Å². The van der Waals surface area contributed by atoms with Crippen molar-refractivity contribution in [1.82, 2.24) is 24.5 Å². The molecule has 1 saturated heterocycles. The van der Waals surface area contributed by atoms with Crippen LogP contribution in [0.15, 0.2) is 59.3 Å². The minimum absolute atomic E-state index is 0.123. The molecule has 4 heterocycles. The van der Waals surface area contributed by atoms with Gasteiger partial charge in [0.05, 0.1) is 6.26 Å². The van der Waals surface area contributed by atoms with Crippen molar-refractivity contribution in [1.29, 1.82) is 0 Å². The second kappa shape index (κ2) is 9.37. The monoisotopic (exact) mass is 433 g/mol. The number of anilines is 2. The number of hydrogen-bond acceptors (Lipinski definition) is 8. The van der Waals surface area contributed by atoms with E-state index in [1.807, 2.05) is 18.3 Å². The molecule has 5 rings (SSSR count). The van der Waals surface area contributed by atoms with E-state index in [0.29, 0.717) is 30.5 Å². The van der Waals surface area contributed by atoms with Gasteiger partial charge in [0.2, 0.25) is 11.8 Å². The number of benzene rings is 1. The van der Waals surface area contributed by atoms with Crippen LogP contribution in [0.25, 0.3) is 17.2 Å². The first-order valence-corrected chi connectivity index (χ1v) is 11.0. The maximum atomic E-state index is 9.09. The van der Waals surface area contributed by atoms with Crippen molar-refractivity contribution in [2.24, 2.45) is 0 Å². The summed E-state index contributed by atoms with van der Waals surface area (Å²) in [5.74, 6) is 1.76. The van der Waals surface area contributed by atoms with Gasteiger partial charge in [-0.15, -0.1) is 5.10 Å². The zero-order valence-corrected chi connectivity index (χ0v) is 17.9. The van der Waals surface area contributed by atoms with Crippen LogP contribution in [-0.4, -0.2) is 68.9 Å². The lowest BCUT2D eigenvalue weighted by Gasteiger charge is -2.36. The van der Waals surface area contributed by atoms with Gasteiger partial charge in [0.1, 0.15) is 0 Å². The lowest BCUT2D eigenvalue weighted by atomic mass is 10.2. The van der Waals surface area contributed by atoms with E-state index in [-0.39, 0.29) is 6.61 Å². The van der Waals surface area contributed by atoms with E-state index in [2.05, 4.69) is 55.5 Å². The van der Waals surface area contributed by atoms with Crippen LogP contribution in [0, 0.1) is 0 Å². The number of aliphatic hydroxyl groups excluding tert-OH is 1. The van der Waals surface area contributed by atoms with Gasteiger partial charge in [-0.2, -0.15) is 4.52 Å². The van der Waals surface area contributed by atoms with E-state index >= 15 is 0 Å². The summed E-state index contributed by atoms with van der Waals surface area (Å²) in [7, 11) is 0. The molecule has 0 amide bonds. The van der Waals surface area contributed by atoms with Gasteiger partial charge in [-0.1, -0.05) is 18.2 Å². The maximum Gasteiger partial charge on any atom is 0.225 e. The number of aliphatic hydroxyl groups is 1. The molecule has 1 aliphatic rings. The number of aromatic nitrogens is 4. The molecule has 0 spiro atoms. The van der Waals surface area contributed by atoms with Crippen LogP contribution in [0.5, 0.6) is 0 Å².